The maximum Gasteiger partial charge on any atom is 0.250 e. The Balaban J connectivity index is 2.16. The minimum Gasteiger partial charge on any atom is -0.366 e. The van der Waals surface area contributed by atoms with E-state index < -0.39 is 11.9 Å². The number of amides is 2. The van der Waals surface area contributed by atoms with Crippen LogP contribution in [-0.2, 0) is 4.79 Å². The predicted octanol–water partition coefficient (Wildman–Crippen LogP) is 2.08. The van der Waals surface area contributed by atoms with E-state index in [1.54, 1.807) is 30.3 Å². The number of benzene rings is 2. The van der Waals surface area contributed by atoms with Gasteiger partial charge >= 0.3 is 0 Å². The normalized spacial score (nSPS) is 11.7. The molecule has 0 unspecified atom stereocenters. The monoisotopic (exact) mass is 303 g/mol. The average Bonchev–Trinajstić information content (AvgIpc) is 2.49. The molecule has 0 heterocycles. The molecule has 0 aliphatic heterocycles. The highest BCUT2D eigenvalue weighted by Crippen LogP contribution is 2.21. The van der Waals surface area contributed by atoms with Gasteiger partial charge in [0.2, 0.25) is 11.8 Å². The van der Waals surface area contributed by atoms with Crippen molar-refractivity contribution in [1.82, 2.24) is 0 Å². The van der Waals surface area contributed by atoms with E-state index in [0.717, 1.165) is 0 Å². The lowest BCUT2D eigenvalue weighted by molar-refractivity contribution is -0.117. The van der Waals surface area contributed by atoms with E-state index in [1.165, 1.54) is 12.1 Å². The maximum absolute atomic E-state index is 12.1. The summed E-state index contributed by atoms with van der Waals surface area (Å²) in [4.78, 5) is 23.3. The largest absolute Gasteiger partial charge is 0.366 e. The molecule has 0 saturated heterocycles. The minimum absolute atomic E-state index is 0.141. The molecular formula is C15H14ClN3O2. The van der Waals surface area contributed by atoms with Gasteiger partial charge in [-0.05, 0) is 23.8 Å². The summed E-state index contributed by atoms with van der Waals surface area (Å²) in [6.45, 7) is 0. The van der Waals surface area contributed by atoms with Crippen LogP contribution in [0.5, 0.6) is 0 Å². The lowest BCUT2D eigenvalue weighted by Crippen LogP contribution is -2.27. The third-order valence-electron chi connectivity index (χ3n) is 2.94. The smallest absolute Gasteiger partial charge is 0.250 e. The fraction of sp³-hybridized carbons (Fsp3) is 0.0667. The van der Waals surface area contributed by atoms with Crippen LogP contribution in [0.1, 0.15) is 22.0 Å². The van der Waals surface area contributed by atoms with Crippen molar-refractivity contribution in [3.63, 3.8) is 0 Å². The van der Waals surface area contributed by atoms with Crippen molar-refractivity contribution in [2.45, 2.75) is 6.04 Å². The summed E-state index contributed by atoms with van der Waals surface area (Å²) >= 11 is 5.85. The van der Waals surface area contributed by atoms with Crippen molar-refractivity contribution in [3.8, 4) is 0 Å². The van der Waals surface area contributed by atoms with Crippen LogP contribution in [0.15, 0.2) is 48.5 Å². The molecule has 2 rings (SSSR count). The number of hydrogen-bond acceptors (Lipinski definition) is 3. The molecule has 2 aromatic carbocycles. The van der Waals surface area contributed by atoms with Crippen molar-refractivity contribution in [3.05, 3.63) is 64.7 Å². The van der Waals surface area contributed by atoms with Gasteiger partial charge in [0.1, 0.15) is 6.04 Å². The summed E-state index contributed by atoms with van der Waals surface area (Å²) in [5, 5.41) is 2.86. The first-order valence-corrected chi connectivity index (χ1v) is 6.57. The highest BCUT2D eigenvalue weighted by molar-refractivity contribution is 6.34. The zero-order valence-corrected chi connectivity index (χ0v) is 11.8. The molecule has 0 saturated carbocycles. The molecule has 2 amide bonds. The first-order valence-electron chi connectivity index (χ1n) is 6.20. The zero-order valence-electron chi connectivity index (χ0n) is 11.0. The topological polar surface area (TPSA) is 98.2 Å². The number of primary amides is 1. The molecule has 108 valence electrons. The van der Waals surface area contributed by atoms with Crippen molar-refractivity contribution < 1.29 is 9.59 Å². The average molecular weight is 304 g/mol. The summed E-state index contributed by atoms with van der Waals surface area (Å²) in [6.07, 6.45) is 0. The van der Waals surface area contributed by atoms with E-state index in [0.29, 0.717) is 11.3 Å². The van der Waals surface area contributed by atoms with E-state index in [2.05, 4.69) is 5.32 Å². The second kappa shape index (κ2) is 6.39. The van der Waals surface area contributed by atoms with E-state index in [9.17, 15) is 9.59 Å². The van der Waals surface area contributed by atoms with Gasteiger partial charge in [-0.25, -0.2) is 0 Å². The van der Waals surface area contributed by atoms with Crippen molar-refractivity contribution >= 4 is 29.1 Å². The van der Waals surface area contributed by atoms with Crippen LogP contribution in [0, 0.1) is 0 Å². The second-order valence-corrected chi connectivity index (χ2v) is 4.84. The van der Waals surface area contributed by atoms with Gasteiger partial charge in [0.05, 0.1) is 10.6 Å². The van der Waals surface area contributed by atoms with Gasteiger partial charge in [0.25, 0.3) is 0 Å². The SMILES string of the molecule is NC(=O)c1cc(NC(=O)[C@@H](N)c2ccccc2)ccc1Cl. The molecule has 5 nitrogen and oxygen atoms in total. The van der Waals surface area contributed by atoms with E-state index in [4.69, 9.17) is 23.1 Å². The van der Waals surface area contributed by atoms with Gasteiger partial charge in [0.15, 0.2) is 0 Å². The van der Waals surface area contributed by atoms with Crippen molar-refractivity contribution in [1.29, 1.82) is 0 Å². The predicted molar refractivity (Wildman–Crippen MR) is 82.0 cm³/mol. The molecule has 1 atom stereocenters. The molecule has 0 radical (unpaired) electrons. The maximum atomic E-state index is 12.1. The molecule has 0 aliphatic rings. The summed E-state index contributed by atoms with van der Waals surface area (Å²) in [5.41, 5.74) is 12.3. The van der Waals surface area contributed by atoms with Gasteiger partial charge in [0, 0.05) is 5.69 Å². The Kier molecular flexibility index (Phi) is 4.57. The zero-order chi connectivity index (χ0) is 15.4. The second-order valence-electron chi connectivity index (χ2n) is 4.44. The van der Waals surface area contributed by atoms with Gasteiger partial charge < -0.3 is 16.8 Å². The standard InChI is InChI=1S/C15H14ClN3O2/c16-12-7-6-10(8-11(12)14(18)20)19-15(21)13(17)9-4-2-1-3-5-9/h1-8,13H,17H2,(H2,18,20)(H,19,21)/t13-/m0/s1. The summed E-state index contributed by atoms with van der Waals surface area (Å²) in [7, 11) is 0. The molecule has 5 N–H and O–H groups in total. The van der Waals surface area contributed by atoms with Crippen molar-refractivity contribution in [2.24, 2.45) is 11.5 Å². The number of nitrogens with two attached hydrogens (primary N) is 2. The molecule has 0 aliphatic carbocycles. The number of carbonyl (C=O) groups is 2. The molecule has 0 fully saturated rings. The Labute approximate surface area is 126 Å². The Morgan fingerprint density at radius 3 is 2.38 bits per heavy atom. The minimum atomic E-state index is -0.807. The van der Waals surface area contributed by atoms with Gasteiger partial charge in [-0.2, -0.15) is 0 Å². The quantitative estimate of drug-likeness (QED) is 0.806. The van der Waals surface area contributed by atoms with Gasteiger partial charge in [-0.15, -0.1) is 0 Å². The Morgan fingerprint density at radius 1 is 1.10 bits per heavy atom. The number of carbonyl (C=O) groups excluding carboxylic acids is 2. The molecule has 21 heavy (non-hydrogen) atoms. The number of rotatable bonds is 4. The fourth-order valence-corrected chi connectivity index (χ4v) is 2.03. The van der Waals surface area contributed by atoms with Crippen LogP contribution in [0.3, 0.4) is 0 Å². The van der Waals surface area contributed by atoms with E-state index in [1.807, 2.05) is 6.07 Å². The number of hydrogen-bond donors (Lipinski definition) is 3. The third-order valence-corrected chi connectivity index (χ3v) is 3.27. The highest BCUT2D eigenvalue weighted by atomic mass is 35.5. The summed E-state index contributed by atoms with van der Waals surface area (Å²) in [5.74, 6) is -1.05. The molecule has 6 heteroatoms. The lowest BCUT2D eigenvalue weighted by Gasteiger charge is -2.13. The molecule has 2 aromatic rings. The number of anilines is 1. The molecule has 0 bridgehead atoms. The van der Waals surface area contributed by atoms with Crippen molar-refractivity contribution in [2.75, 3.05) is 5.32 Å². The van der Waals surface area contributed by atoms with Crippen LogP contribution >= 0.6 is 11.6 Å². The van der Waals surface area contributed by atoms with Crippen LogP contribution in [0.25, 0.3) is 0 Å². The highest BCUT2D eigenvalue weighted by Gasteiger charge is 2.16. The molecular weight excluding hydrogens is 290 g/mol. The Hall–Kier alpha value is -2.37. The van der Waals surface area contributed by atoms with Crippen LogP contribution in [-0.4, -0.2) is 11.8 Å². The summed E-state index contributed by atoms with van der Waals surface area (Å²) in [6, 6.07) is 12.6. The number of nitrogens with one attached hydrogen (secondary N) is 1. The molecule has 0 spiro atoms. The van der Waals surface area contributed by atoms with Gasteiger partial charge in [-0.3, -0.25) is 9.59 Å². The first kappa shape index (κ1) is 15.0. The lowest BCUT2D eigenvalue weighted by atomic mass is 10.1. The number of halogens is 1. The fourth-order valence-electron chi connectivity index (χ4n) is 1.82. The third kappa shape index (κ3) is 3.59. The van der Waals surface area contributed by atoms with E-state index >= 15 is 0 Å². The van der Waals surface area contributed by atoms with E-state index in [-0.39, 0.29) is 16.5 Å². The summed E-state index contributed by atoms with van der Waals surface area (Å²) < 4.78 is 0. The Morgan fingerprint density at radius 2 is 1.76 bits per heavy atom. The van der Waals surface area contributed by atoms with Crippen LogP contribution in [0.2, 0.25) is 5.02 Å². The van der Waals surface area contributed by atoms with Gasteiger partial charge in [-0.1, -0.05) is 41.9 Å². The first-order chi connectivity index (χ1) is 9.99. The molecule has 0 aromatic heterocycles. The Bertz CT molecular complexity index is 674. The van der Waals surface area contributed by atoms with Crippen LogP contribution < -0.4 is 16.8 Å². The van der Waals surface area contributed by atoms with Crippen LogP contribution in [0.4, 0.5) is 5.69 Å².